The molecule has 0 radical (unpaired) electrons. The van der Waals surface area contributed by atoms with Gasteiger partial charge in [-0.25, -0.2) is 5.84 Å². The number of thioether (sulfide) groups is 1. The van der Waals surface area contributed by atoms with Gasteiger partial charge in [0.1, 0.15) is 6.10 Å². The van der Waals surface area contributed by atoms with Crippen LogP contribution in [0, 0.1) is 0 Å². The number of nitrogens with two attached hydrogens (primary N) is 1. The molecule has 1 aliphatic heterocycles. The molecule has 0 aromatic carbocycles. The monoisotopic (exact) mass is 303 g/mol. The highest BCUT2D eigenvalue weighted by Crippen LogP contribution is 2.30. The number of rotatable bonds is 5. The van der Waals surface area contributed by atoms with Crippen LogP contribution < -0.4 is 16.2 Å². The molecular weight excluding hydrogens is 286 g/mol. The van der Waals surface area contributed by atoms with Crippen molar-refractivity contribution in [1.82, 2.24) is 15.6 Å². The second kappa shape index (κ2) is 6.51. The van der Waals surface area contributed by atoms with Crippen LogP contribution in [-0.4, -0.2) is 48.2 Å². The Labute approximate surface area is 119 Å². The number of anilines is 1. The lowest BCUT2D eigenvalue weighted by atomic mass is 10.2. The summed E-state index contributed by atoms with van der Waals surface area (Å²) in [6, 6.07) is 0. The summed E-state index contributed by atoms with van der Waals surface area (Å²) >= 11 is 3.16. The Morgan fingerprint density at radius 3 is 3.00 bits per heavy atom. The summed E-state index contributed by atoms with van der Waals surface area (Å²) < 4.78 is 6.54. The summed E-state index contributed by atoms with van der Waals surface area (Å²) in [5, 5.41) is 9.06. The molecule has 0 bridgehead atoms. The van der Waals surface area contributed by atoms with E-state index in [0.29, 0.717) is 6.42 Å². The topological polar surface area (TPSA) is 93.4 Å². The summed E-state index contributed by atoms with van der Waals surface area (Å²) in [6.07, 6.45) is 1.24. The maximum Gasteiger partial charge on any atom is 0.263 e. The molecule has 2 atom stereocenters. The van der Waals surface area contributed by atoms with Gasteiger partial charge in [-0.3, -0.25) is 10.2 Å². The summed E-state index contributed by atoms with van der Waals surface area (Å²) in [5.74, 6) is 5.61. The third-order valence-corrected chi connectivity index (χ3v) is 5.07. The van der Waals surface area contributed by atoms with Crippen LogP contribution in [0.15, 0.2) is 4.34 Å². The van der Waals surface area contributed by atoms with Crippen LogP contribution in [0.5, 0.6) is 0 Å². The van der Waals surface area contributed by atoms with E-state index in [1.807, 2.05) is 19.0 Å². The normalized spacial score (nSPS) is 22.5. The fraction of sp³-hybridized carbons (Fsp3) is 0.700. The number of carbonyl (C=O) groups is 1. The zero-order valence-electron chi connectivity index (χ0n) is 10.8. The quantitative estimate of drug-likeness (QED) is 0.348. The molecule has 1 fully saturated rings. The number of ether oxygens (including phenoxy) is 1. The maximum atomic E-state index is 11.3. The molecule has 106 valence electrons. The average molecular weight is 303 g/mol. The Balaban J connectivity index is 1.78. The minimum Gasteiger partial charge on any atom is -0.364 e. The van der Waals surface area contributed by atoms with Crippen LogP contribution in [0.25, 0.3) is 0 Å². The maximum absolute atomic E-state index is 11.3. The highest BCUT2D eigenvalue weighted by atomic mass is 32.2. The summed E-state index contributed by atoms with van der Waals surface area (Å²) in [5.41, 5.74) is 2.12. The van der Waals surface area contributed by atoms with Gasteiger partial charge < -0.3 is 9.64 Å². The first kappa shape index (κ1) is 14.5. The van der Waals surface area contributed by atoms with Gasteiger partial charge in [0.15, 0.2) is 4.34 Å². The first-order chi connectivity index (χ1) is 9.10. The number of hydrogen-bond donors (Lipinski definition) is 2. The van der Waals surface area contributed by atoms with Gasteiger partial charge in [-0.15, -0.1) is 10.2 Å². The lowest BCUT2D eigenvalue weighted by molar-refractivity contribution is -0.131. The van der Waals surface area contributed by atoms with E-state index in [0.717, 1.165) is 21.6 Å². The van der Waals surface area contributed by atoms with E-state index in [9.17, 15) is 4.79 Å². The molecule has 1 aromatic rings. The van der Waals surface area contributed by atoms with E-state index in [4.69, 9.17) is 10.6 Å². The Bertz CT molecular complexity index is 439. The number of amides is 1. The molecule has 7 nitrogen and oxygen atoms in total. The van der Waals surface area contributed by atoms with Gasteiger partial charge in [0, 0.05) is 19.8 Å². The lowest BCUT2D eigenvalue weighted by Crippen LogP contribution is -2.39. The Kier molecular flexibility index (Phi) is 4.97. The SMILES string of the molecule is CN(C)c1nnc(SCC2CCC(C(=O)NN)O2)s1. The van der Waals surface area contributed by atoms with Gasteiger partial charge in [-0.1, -0.05) is 23.1 Å². The van der Waals surface area contributed by atoms with Crippen molar-refractivity contribution in [2.24, 2.45) is 5.84 Å². The van der Waals surface area contributed by atoms with Crippen molar-refractivity contribution in [3.8, 4) is 0 Å². The van der Waals surface area contributed by atoms with Gasteiger partial charge in [0.05, 0.1) is 6.10 Å². The van der Waals surface area contributed by atoms with Crippen LogP contribution >= 0.6 is 23.1 Å². The molecule has 19 heavy (non-hydrogen) atoms. The molecule has 0 saturated carbocycles. The zero-order chi connectivity index (χ0) is 13.8. The molecule has 2 heterocycles. The molecule has 0 spiro atoms. The molecular formula is C10H17N5O2S2. The number of aromatic nitrogens is 2. The minimum absolute atomic E-state index is 0.0685. The largest absolute Gasteiger partial charge is 0.364 e. The van der Waals surface area contributed by atoms with Gasteiger partial charge in [-0.2, -0.15) is 0 Å². The van der Waals surface area contributed by atoms with Gasteiger partial charge in [0.2, 0.25) is 5.13 Å². The first-order valence-corrected chi connectivity index (χ1v) is 7.70. The average Bonchev–Trinajstić information content (AvgIpc) is 3.04. The number of hydrazine groups is 1. The van der Waals surface area contributed by atoms with E-state index < -0.39 is 6.10 Å². The second-order valence-electron chi connectivity index (χ2n) is 4.39. The highest BCUT2D eigenvalue weighted by Gasteiger charge is 2.30. The van der Waals surface area contributed by atoms with E-state index >= 15 is 0 Å². The number of nitrogens with zero attached hydrogens (tertiary/aromatic N) is 3. The predicted molar refractivity (Wildman–Crippen MR) is 75.2 cm³/mol. The molecule has 9 heteroatoms. The lowest BCUT2D eigenvalue weighted by Gasteiger charge is -2.11. The zero-order valence-corrected chi connectivity index (χ0v) is 12.5. The van der Waals surface area contributed by atoms with E-state index in [2.05, 4.69) is 15.6 Å². The smallest absolute Gasteiger partial charge is 0.263 e. The van der Waals surface area contributed by atoms with Crippen LogP contribution in [-0.2, 0) is 9.53 Å². The van der Waals surface area contributed by atoms with E-state index in [-0.39, 0.29) is 12.0 Å². The fourth-order valence-electron chi connectivity index (χ4n) is 1.72. The second-order valence-corrected chi connectivity index (χ2v) is 6.61. The fourth-order valence-corrected chi connectivity index (χ4v) is 3.56. The van der Waals surface area contributed by atoms with Crippen molar-refractivity contribution in [2.45, 2.75) is 29.4 Å². The molecule has 0 aliphatic carbocycles. The Morgan fingerprint density at radius 1 is 1.58 bits per heavy atom. The first-order valence-electron chi connectivity index (χ1n) is 5.89. The van der Waals surface area contributed by atoms with Gasteiger partial charge in [-0.05, 0) is 12.8 Å². The van der Waals surface area contributed by atoms with Crippen LogP contribution in [0.4, 0.5) is 5.13 Å². The predicted octanol–water partition coefficient (Wildman–Crippen LogP) is 0.234. The third-order valence-electron chi connectivity index (χ3n) is 2.71. The molecule has 2 unspecified atom stereocenters. The molecule has 3 N–H and O–H groups in total. The van der Waals surface area contributed by atoms with Crippen molar-refractivity contribution >= 4 is 34.1 Å². The highest BCUT2D eigenvalue weighted by molar-refractivity contribution is 8.01. The number of hydrogen-bond acceptors (Lipinski definition) is 8. The van der Waals surface area contributed by atoms with E-state index in [1.54, 1.807) is 23.1 Å². The van der Waals surface area contributed by atoms with Crippen molar-refractivity contribution < 1.29 is 9.53 Å². The van der Waals surface area contributed by atoms with Gasteiger partial charge in [0.25, 0.3) is 5.91 Å². The van der Waals surface area contributed by atoms with Crippen LogP contribution in [0.2, 0.25) is 0 Å². The van der Waals surface area contributed by atoms with Crippen molar-refractivity contribution in [1.29, 1.82) is 0 Å². The minimum atomic E-state index is -0.414. The van der Waals surface area contributed by atoms with Crippen molar-refractivity contribution in [2.75, 3.05) is 24.7 Å². The standard InChI is InChI=1S/C10H17N5O2S2/c1-15(2)9-13-14-10(19-9)18-5-6-3-4-7(17-6)8(16)12-11/h6-7H,3-5,11H2,1-2H3,(H,12,16). The van der Waals surface area contributed by atoms with Crippen LogP contribution in [0.1, 0.15) is 12.8 Å². The van der Waals surface area contributed by atoms with Gasteiger partial charge >= 0.3 is 0 Å². The van der Waals surface area contributed by atoms with Crippen molar-refractivity contribution in [3.63, 3.8) is 0 Å². The molecule has 1 aliphatic rings. The Hall–Kier alpha value is -0.900. The Morgan fingerprint density at radius 2 is 2.37 bits per heavy atom. The summed E-state index contributed by atoms with van der Waals surface area (Å²) in [7, 11) is 3.87. The summed E-state index contributed by atoms with van der Waals surface area (Å²) in [4.78, 5) is 13.2. The van der Waals surface area contributed by atoms with E-state index in [1.165, 1.54) is 0 Å². The molecule has 1 amide bonds. The summed E-state index contributed by atoms with van der Waals surface area (Å²) in [6.45, 7) is 0. The van der Waals surface area contributed by atoms with Crippen molar-refractivity contribution in [3.05, 3.63) is 0 Å². The molecule has 1 saturated heterocycles. The molecule has 1 aromatic heterocycles. The van der Waals surface area contributed by atoms with Crippen LogP contribution in [0.3, 0.4) is 0 Å². The third kappa shape index (κ3) is 3.78. The number of nitrogens with one attached hydrogen (secondary N) is 1. The molecule has 2 rings (SSSR count). The number of carbonyl (C=O) groups excluding carboxylic acids is 1.